The molecule has 1 nitrogen and oxygen atoms in total. The summed E-state index contributed by atoms with van der Waals surface area (Å²) in [5.74, 6) is 0. The maximum absolute atomic E-state index is 6.11. The highest BCUT2D eigenvalue weighted by atomic mass is 35.5. The van der Waals surface area contributed by atoms with Crippen LogP contribution in [-0.2, 0) is 4.74 Å². The molecule has 0 radical (unpaired) electrons. The van der Waals surface area contributed by atoms with E-state index in [-0.39, 0.29) is 5.38 Å². The second-order valence-electron chi connectivity index (χ2n) is 3.02. The molecule has 1 rings (SSSR count). The lowest BCUT2D eigenvalue weighted by Gasteiger charge is -2.39. The molecule has 5 heteroatoms. The van der Waals surface area contributed by atoms with Crippen LogP contribution in [0.4, 0.5) is 0 Å². The highest BCUT2D eigenvalue weighted by Crippen LogP contribution is 2.42. The van der Waals surface area contributed by atoms with Crippen LogP contribution in [0, 0.1) is 0 Å². The maximum atomic E-state index is 6.11. The van der Waals surface area contributed by atoms with Crippen LogP contribution in [0.25, 0.3) is 0 Å². The van der Waals surface area contributed by atoms with Gasteiger partial charge in [0.15, 0.2) is 5.06 Å². The fourth-order valence-electron chi connectivity index (χ4n) is 1.24. The standard InChI is InChI=1S/C8H10Cl4O/c1-4-3-5(9)8(12,13-2)7(11)6(4)10/h3,5-7H,1-2H3. The first-order valence-electron chi connectivity index (χ1n) is 3.78. The maximum Gasteiger partial charge on any atom is 0.178 e. The Bertz CT molecular complexity index is 230. The Morgan fingerprint density at radius 1 is 1.38 bits per heavy atom. The van der Waals surface area contributed by atoms with Gasteiger partial charge in [-0.3, -0.25) is 0 Å². The van der Waals surface area contributed by atoms with Crippen LogP contribution in [0.3, 0.4) is 0 Å². The fourth-order valence-corrected chi connectivity index (χ4v) is 2.67. The van der Waals surface area contributed by atoms with Gasteiger partial charge in [-0.2, -0.15) is 0 Å². The van der Waals surface area contributed by atoms with Crippen LogP contribution in [-0.4, -0.2) is 28.3 Å². The third-order valence-corrected chi connectivity index (χ3v) is 4.77. The summed E-state index contributed by atoms with van der Waals surface area (Å²) in [4.78, 5) is 0. The van der Waals surface area contributed by atoms with E-state index in [4.69, 9.17) is 51.1 Å². The van der Waals surface area contributed by atoms with E-state index in [1.165, 1.54) is 7.11 Å². The van der Waals surface area contributed by atoms with Gasteiger partial charge in [-0.1, -0.05) is 23.3 Å². The first-order chi connectivity index (χ1) is 5.93. The van der Waals surface area contributed by atoms with E-state index in [1.807, 2.05) is 6.92 Å². The molecule has 0 spiro atoms. The number of allylic oxidation sites excluding steroid dienone is 1. The molecule has 76 valence electrons. The van der Waals surface area contributed by atoms with Crippen molar-refractivity contribution in [3.05, 3.63) is 11.6 Å². The number of ether oxygens (including phenoxy) is 1. The van der Waals surface area contributed by atoms with Gasteiger partial charge >= 0.3 is 0 Å². The molecule has 13 heavy (non-hydrogen) atoms. The van der Waals surface area contributed by atoms with Crippen molar-refractivity contribution in [2.24, 2.45) is 0 Å². The number of methoxy groups -OCH3 is 1. The minimum Gasteiger partial charge on any atom is -0.359 e. The van der Waals surface area contributed by atoms with E-state index in [1.54, 1.807) is 6.08 Å². The van der Waals surface area contributed by atoms with Gasteiger partial charge in [0.1, 0.15) is 0 Å². The molecule has 0 aliphatic heterocycles. The largest absolute Gasteiger partial charge is 0.359 e. The molecule has 0 amide bonds. The summed E-state index contributed by atoms with van der Waals surface area (Å²) in [6.45, 7) is 1.87. The van der Waals surface area contributed by atoms with Gasteiger partial charge in [0.05, 0.1) is 16.1 Å². The summed E-state index contributed by atoms with van der Waals surface area (Å²) in [5.41, 5.74) is 0.926. The van der Waals surface area contributed by atoms with Crippen LogP contribution in [0.15, 0.2) is 11.6 Å². The molecule has 1 aliphatic rings. The molecule has 0 aromatic carbocycles. The molecule has 0 heterocycles. The Hall–Kier alpha value is 0.860. The first kappa shape index (κ1) is 11.9. The quantitative estimate of drug-likeness (QED) is 0.521. The molecule has 0 saturated heterocycles. The molecular weight excluding hydrogens is 254 g/mol. The summed E-state index contributed by atoms with van der Waals surface area (Å²) in [7, 11) is 1.47. The Labute approximate surface area is 97.9 Å². The molecule has 0 bridgehead atoms. The van der Waals surface area contributed by atoms with Gasteiger partial charge in [-0.15, -0.1) is 34.8 Å². The van der Waals surface area contributed by atoms with Crippen molar-refractivity contribution in [1.29, 1.82) is 0 Å². The topological polar surface area (TPSA) is 9.23 Å². The molecule has 4 unspecified atom stereocenters. The SMILES string of the molecule is COC1(Cl)C(Cl)C=C(C)C(Cl)C1Cl. The minimum absolute atomic E-state index is 0.339. The van der Waals surface area contributed by atoms with E-state index < -0.39 is 15.8 Å². The van der Waals surface area contributed by atoms with E-state index >= 15 is 0 Å². The van der Waals surface area contributed by atoms with Crippen molar-refractivity contribution in [2.45, 2.75) is 28.1 Å². The van der Waals surface area contributed by atoms with Gasteiger partial charge < -0.3 is 4.74 Å². The molecular formula is C8H10Cl4O. The van der Waals surface area contributed by atoms with E-state index in [0.29, 0.717) is 0 Å². The Morgan fingerprint density at radius 3 is 2.38 bits per heavy atom. The lowest BCUT2D eigenvalue weighted by Crippen LogP contribution is -2.50. The summed E-state index contributed by atoms with van der Waals surface area (Å²) in [6.07, 6.45) is 1.77. The second kappa shape index (κ2) is 4.16. The zero-order valence-corrected chi connectivity index (χ0v) is 10.3. The fraction of sp³-hybridized carbons (Fsp3) is 0.750. The van der Waals surface area contributed by atoms with Crippen molar-refractivity contribution in [3.8, 4) is 0 Å². The van der Waals surface area contributed by atoms with E-state index in [0.717, 1.165) is 5.57 Å². The van der Waals surface area contributed by atoms with Crippen molar-refractivity contribution in [2.75, 3.05) is 7.11 Å². The van der Waals surface area contributed by atoms with Gasteiger partial charge in [0, 0.05) is 7.11 Å². The van der Waals surface area contributed by atoms with Crippen molar-refractivity contribution in [3.63, 3.8) is 0 Å². The van der Waals surface area contributed by atoms with Crippen LogP contribution >= 0.6 is 46.4 Å². The van der Waals surface area contributed by atoms with Crippen LogP contribution in [0.1, 0.15) is 6.92 Å². The molecule has 0 fully saturated rings. The average Bonchev–Trinajstić information content (AvgIpc) is 2.11. The first-order valence-corrected chi connectivity index (χ1v) is 5.46. The summed E-state index contributed by atoms with van der Waals surface area (Å²) in [6, 6.07) is 0. The molecule has 4 atom stereocenters. The smallest absolute Gasteiger partial charge is 0.178 e. The average molecular weight is 264 g/mol. The van der Waals surface area contributed by atoms with E-state index in [2.05, 4.69) is 0 Å². The Kier molecular flexibility index (Phi) is 3.82. The van der Waals surface area contributed by atoms with Crippen LogP contribution in [0.2, 0.25) is 0 Å². The highest BCUT2D eigenvalue weighted by Gasteiger charge is 2.48. The number of hydrogen-bond acceptors (Lipinski definition) is 1. The number of rotatable bonds is 1. The third kappa shape index (κ3) is 1.95. The Morgan fingerprint density at radius 2 is 1.92 bits per heavy atom. The monoisotopic (exact) mass is 262 g/mol. The molecule has 0 saturated carbocycles. The normalized spacial score (nSPS) is 46.0. The lowest BCUT2D eigenvalue weighted by molar-refractivity contribution is 0.0622. The van der Waals surface area contributed by atoms with Crippen molar-refractivity contribution >= 4 is 46.4 Å². The van der Waals surface area contributed by atoms with Gasteiger partial charge in [0.25, 0.3) is 0 Å². The number of hydrogen-bond donors (Lipinski definition) is 0. The summed E-state index contributed by atoms with van der Waals surface area (Å²) in [5, 5.41) is -2.45. The molecule has 0 aromatic heterocycles. The highest BCUT2D eigenvalue weighted by molar-refractivity contribution is 6.41. The third-order valence-electron chi connectivity index (χ3n) is 2.17. The lowest BCUT2D eigenvalue weighted by atomic mass is 9.96. The minimum atomic E-state index is -1.12. The summed E-state index contributed by atoms with van der Waals surface area (Å²) < 4.78 is 5.09. The number of halogens is 4. The van der Waals surface area contributed by atoms with Gasteiger partial charge in [-0.25, -0.2) is 0 Å². The van der Waals surface area contributed by atoms with Crippen LogP contribution in [0.5, 0.6) is 0 Å². The number of alkyl halides is 4. The predicted octanol–water partition coefficient (Wildman–Crippen LogP) is 3.35. The predicted molar refractivity (Wildman–Crippen MR) is 58.3 cm³/mol. The molecule has 0 N–H and O–H groups in total. The van der Waals surface area contributed by atoms with Gasteiger partial charge in [-0.05, 0) is 6.92 Å². The molecule has 1 aliphatic carbocycles. The molecule has 0 aromatic rings. The zero-order valence-electron chi connectivity index (χ0n) is 7.23. The Balaban J connectivity index is 3.02. The van der Waals surface area contributed by atoms with Gasteiger partial charge in [0.2, 0.25) is 0 Å². The second-order valence-corrected chi connectivity index (χ2v) is 5.02. The van der Waals surface area contributed by atoms with Crippen molar-refractivity contribution < 1.29 is 4.74 Å². The zero-order chi connectivity index (χ0) is 10.2. The summed E-state index contributed by atoms with van der Waals surface area (Å²) >= 11 is 24.2. The van der Waals surface area contributed by atoms with Crippen LogP contribution < -0.4 is 0 Å². The van der Waals surface area contributed by atoms with Crippen molar-refractivity contribution in [1.82, 2.24) is 0 Å². The van der Waals surface area contributed by atoms with E-state index in [9.17, 15) is 0 Å².